The zero-order valence-electron chi connectivity index (χ0n) is 14.2. The third-order valence-corrected chi connectivity index (χ3v) is 3.99. The minimum absolute atomic E-state index is 0.0222. The Balaban J connectivity index is 2.04. The molecular weight excluding hydrogens is 290 g/mol. The summed E-state index contributed by atoms with van der Waals surface area (Å²) in [7, 11) is 0. The topological polar surface area (TPSA) is 52.7 Å². The second-order valence-corrected chi connectivity index (χ2v) is 5.99. The Labute approximate surface area is 138 Å². The molecular formula is C18H27N3O2. The molecule has 0 atom stereocenters. The van der Waals surface area contributed by atoms with Crippen LogP contribution < -0.4 is 10.2 Å². The van der Waals surface area contributed by atoms with Crippen LogP contribution in [-0.2, 0) is 9.59 Å². The standard InChI is InChI=1S/C18H27N3O2/c1-3-11-20(12-4-2)14-17(22)19-15-8-5-6-9-16(15)21-13-7-10-18(21)23/h5-6,8-9H,3-4,7,10-14H2,1-2H3,(H,19,22). The Hall–Kier alpha value is -1.88. The van der Waals surface area contributed by atoms with Crippen molar-refractivity contribution in [1.29, 1.82) is 0 Å². The van der Waals surface area contributed by atoms with E-state index in [-0.39, 0.29) is 11.8 Å². The molecule has 0 spiro atoms. The summed E-state index contributed by atoms with van der Waals surface area (Å²) in [6.45, 7) is 7.21. The Kier molecular flexibility index (Phi) is 6.59. The van der Waals surface area contributed by atoms with Crippen LogP contribution in [0.5, 0.6) is 0 Å². The largest absolute Gasteiger partial charge is 0.323 e. The lowest BCUT2D eigenvalue weighted by Crippen LogP contribution is -2.35. The number of nitrogens with zero attached hydrogens (tertiary/aromatic N) is 2. The average Bonchev–Trinajstić information content (AvgIpc) is 2.94. The lowest BCUT2D eigenvalue weighted by Gasteiger charge is -2.22. The Morgan fingerprint density at radius 2 is 1.91 bits per heavy atom. The van der Waals surface area contributed by atoms with Crippen molar-refractivity contribution in [3.63, 3.8) is 0 Å². The van der Waals surface area contributed by atoms with Crippen LogP contribution in [0.4, 0.5) is 11.4 Å². The zero-order chi connectivity index (χ0) is 16.7. The van der Waals surface area contributed by atoms with Crippen LogP contribution in [0.25, 0.3) is 0 Å². The number of hydrogen-bond acceptors (Lipinski definition) is 3. The number of amides is 2. The van der Waals surface area contributed by atoms with Crippen molar-refractivity contribution in [2.45, 2.75) is 39.5 Å². The Morgan fingerprint density at radius 3 is 2.52 bits per heavy atom. The molecule has 0 bridgehead atoms. The molecule has 5 nitrogen and oxygen atoms in total. The molecule has 1 aromatic rings. The van der Waals surface area contributed by atoms with Crippen LogP contribution in [-0.4, -0.2) is 42.9 Å². The van der Waals surface area contributed by atoms with E-state index in [1.807, 2.05) is 24.3 Å². The van der Waals surface area contributed by atoms with Gasteiger partial charge in [0.15, 0.2) is 0 Å². The predicted molar refractivity (Wildman–Crippen MR) is 93.7 cm³/mol. The third kappa shape index (κ3) is 4.79. The highest BCUT2D eigenvalue weighted by molar-refractivity contribution is 6.02. The number of carbonyl (C=O) groups excluding carboxylic acids is 2. The molecule has 0 saturated carbocycles. The molecule has 1 saturated heterocycles. The summed E-state index contributed by atoms with van der Waals surface area (Å²) >= 11 is 0. The summed E-state index contributed by atoms with van der Waals surface area (Å²) in [5.41, 5.74) is 1.53. The fourth-order valence-corrected chi connectivity index (χ4v) is 3.01. The number of carbonyl (C=O) groups is 2. The first-order valence-electron chi connectivity index (χ1n) is 8.57. The molecule has 126 valence electrons. The van der Waals surface area contributed by atoms with E-state index >= 15 is 0 Å². The van der Waals surface area contributed by atoms with Crippen molar-refractivity contribution >= 4 is 23.2 Å². The molecule has 0 aliphatic carbocycles. The summed E-state index contributed by atoms with van der Waals surface area (Å²) in [5.74, 6) is 0.108. The number of rotatable bonds is 8. The van der Waals surface area contributed by atoms with Crippen LogP contribution in [0.15, 0.2) is 24.3 Å². The maximum atomic E-state index is 12.4. The molecule has 1 aliphatic rings. The minimum Gasteiger partial charge on any atom is -0.323 e. The predicted octanol–water partition coefficient (Wildman–Crippen LogP) is 2.87. The lowest BCUT2D eigenvalue weighted by atomic mass is 10.2. The highest BCUT2D eigenvalue weighted by Gasteiger charge is 2.24. The maximum absolute atomic E-state index is 12.4. The molecule has 1 fully saturated rings. The average molecular weight is 317 g/mol. The molecule has 0 radical (unpaired) electrons. The van der Waals surface area contributed by atoms with Gasteiger partial charge in [0, 0.05) is 13.0 Å². The van der Waals surface area contributed by atoms with Crippen molar-refractivity contribution in [2.24, 2.45) is 0 Å². The van der Waals surface area contributed by atoms with Crippen LogP contribution in [0.1, 0.15) is 39.5 Å². The van der Waals surface area contributed by atoms with Crippen LogP contribution >= 0.6 is 0 Å². The maximum Gasteiger partial charge on any atom is 0.238 e. The molecule has 2 rings (SSSR count). The van der Waals surface area contributed by atoms with Gasteiger partial charge in [-0.05, 0) is 44.5 Å². The molecule has 5 heteroatoms. The minimum atomic E-state index is -0.0222. The number of nitrogens with one attached hydrogen (secondary N) is 1. The molecule has 0 unspecified atom stereocenters. The van der Waals surface area contributed by atoms with Crippen molar-refractivity contribution in [2.75, 3.05) is 36.4 Å². The van der Waals surface area contributed by atoms with Gasteiger partial charge in [0.25, 0.3) is 0 Å². The fourth-order valence-electron chi connectivity index (χ4n) is 3.01. The highest BCUT2D eigenvalue weighted by Crippen LogP contribution is 2.29. The van der Waals surface area contributed by atoms with Gasteiger partial charge in [0.05, 0.1) is 17.9 Å². The van der Waals surface area contributed by atoms with E-state index in [9.17, 15) is 9.59 Å². The smallest absolute Gasteiger partial charge is 0.238 e. The molecule has 1 N–H and O–H groups in total. The Bertz CT molecular complexity index is 539. The Morgan fingerprint density at radius 1 is 1.22 bits per heavy atom. The van der Waals surface area contributed by atoms with Gasteiger partial charge in [-0.3, -0.25) is 14.5 Å². The first-order valence-corrected chi connectivity index (χ1v) is 8.57. The van der Waals surface area contributed by atoms with E-state index in [0.29, 0.717) is 13.0 Å². The fraction of sp³-hybridized carbons (Fsp3) is 0.556. The van der Waals surface area contributed by atoms with Gasteiger partial charge >= 0.3 is 0 Å². The van der Waals surface area contributed by atoms with Gasteiger partial charge in [-0.15, -0.1) is 0 Å². The zero-order valence-corrected chi connectivity index (χ0v) is 14.2. The SMILES string of the molecule is CCCN(CCC)CC(=O)Nc1ccccc1N1CCCC1=O. The summed E-state index contributed by atoms with van der Waals surface area (Å²) < 4.78 is 0. The molecule has 1 aromatic carbocycles. The first-order chi connectivity index (χ1) is 11.2. The summed E-state index contributed by atoms with van der Waals surface area (Å²) in [4.78, 5) is 28.3. The van der Waals surface area contributed by atoms with Crippen molar-refractivity contribution in [1.82, 2.24) is 4.90 Å². The first kappa shape index (κ1) is 17.5. The number of benzene rings is 1. The quantitative estimate of drug-likeness (QED) is 0.802. The summed E-state index contributed by atoms with van der Waals surface area (Å²) in [5, 5.41) is 2.98. The summed E-state index contributed by atoms with van der Waals surface area (Å²) in [6, 6.07) is 7.55. The van der Waals surface area contributed by atoms with E-state index in [2.05, 4.69) is 24.1 Å². The second kappa shape index (κ2) is 8.67. The van der Waals surface area contributed by atoms with Gasteiger partial charge < -0.3 is 10.2 Å². The number of hydrogen-bond donors (Lipinski definition) is 1. The second-order valence-electron chi connectivity index (χ2n) is 5.99. The number of para-hydroxylation sites is 2. The van der Waals surface area contributed by atoms with Crippen molar-refractivity contribution in [3.05, 3.63) is 24.3 Å². The van der Waals surface area contributed by atoms with Crippen LogP contribution in [0.3, 0.4) is 0 Å². The third-order valence-electron chi connectivity index (χ3n) is 3.99. The van der Waals surface area contributed by atoms with E-state index < -0.39 is 0 Å². The van der Waals surface area contributed by atoms with E-state index in [4.69, 9.17) is 0 Å². The van der Waals surface area contributed by atoms with Gasteiger partial charge in [-0.2, -0.15) is 0 Å². The van der Waals surface area contributed by atoms with Crippen LogP contribution in [0.2, 0.25) is 0 Å². The van der Waals surface area contributed by atoms with Gasteiger partial charge in [0.1, 0.15) is 0 Å². The van der Waals surface area contributed by atoms with E-state index in [0.717, 1.165) is 50.3 Å². The van der Waals surface area contributed by atoms with Crippen molar-refractivity contribution < 1.29 is 9.59 Å². The molecule has 1 heterocycles. The van der Waals surface area contributed by atoms with Gasteiger partial charge in [0.2, 0.25) is 11.8 Å². The monoisotopic (exact) mass is 317 g/mol. The van der Waals surface area contributed by atoms with Crippen molar-refractivity contribution in [3.8, 4) is 0 Å². The molecule has 23 heavy (non-hydrogen) atoms. The molecule has 2 amide bonds. The molecule has 0 aromatic heterocycles. The van der Waals surface area contributed by atoms with Gasteiger partial charge in [-0.1, -0.05) is 26.0 Å². The number of anilines is 2. The molecule has 1 aliphatic heterocycles. The van der Waals surface area contributed by atoms with E-state index in [1.165, 1.54) is 0 Å². The van der Waals surface area contributed by atoms with Gasteiger partial charge in [-0.25, -0.2) is 0 Å². The lowest BCUT2D eigenvalue weighted by molar-refractivity contribution is -0.118. The summed E-state index contributed by atoms with van der Waals surface area (Å²) in [6.07, 6.45) is 3.53. The highest BCUT2D eigenvalue weighted by atomic mass is 16.2. The van der Waals surface area contributed by atoms with Crippen LogP contribution in [0, 0.1) is 0 Å². The van der Waals surface area contributed by atoms with E-state index in [1.54, 1.807) is 4.90 Å². The normalized spacial score (nSPS) is 14.6.